The van der Waals surface area contributed by atoms with Crippen molar-refractivity contribution in [3.8, 4) is 0 Å². The molecule has 5 heteroatoms. The third-order valence-electron chi connectivity index (χ3n) is 3.36. The molecule has 1 aliphatic rings. The molecule has 94 valence electrons. The summed E-state index contributed by atoms with van der Waals surface area (Å²) in [7, 11) is 0. The molecule has 0 aliphatic heterocycles. The molecule has 0 aromatic carbocycles. The number of nitrogens with one attached hydrogen (secondary N) is 2. The maximum Gasteiger partial charge on any atom is 0.239 e. The number of nitrogens with zero attached hydrogens (tertiary/aromatic N) is 2. The molecule has 2 atom stereocenters. The van der Waals surface area contributed by atoms with E-state index in [-0.39, 0.29) is 0 Å². The van der Waals surface area contributed by atoms with Crippen LogP contribution in [0, 0.1) is 18.8 Å². The molecule has 0 amide bonds. The third-order valence-corrected chi connectivity index (χ3v) is 3.36. The second kappa shape index (κ2) is 5.31. The number of hydrogen-bond donors (Lipinski definition) is 3. The van der Waals surface area contributed by atoms with Crippen LogP contribution >= 0.6 is 0 Å². The Morgan fingerprint density at radius 3 is 2.88 bits per heavy atom. The van der Waals surface area contributed by atoms with Crippen LogP contribution < -0.4 is 16.6 Å². The lowest BCUT2D eigenvalue weighted by Crippen LogP contribution is -2.15. The molecule has 17 heavy (non-hydrogen) atoms. The quantitative estimate of drug-likeness (QED) is 0.549. The number of aromatic nitrogens is 2. The van der Waals surface area contributed by atoms with Gasteiger partial charge in [0.05, 0.1) is 0 Å². The van der Waals surface area contributed by atoms with Crippen LogP contribution in [-0.2, 0) is 0 Å². The molecule has 4 N–H and O–H groups in total. The smallest absolute Gasteiger partial charge is 0.239 e. The molecular weight excluding hydrogens is 214 g/mol. The first-order valence-electron chi connectivity index (χ1n) is 6.23. The van der Waals surface area contributed by atoms with Crippen molar-refractivity contribution in [2.24, 2.45) is 17.7 Å². The Balaban J connectivity index is 1.92. The summed E-state index contributed by atoms with van der Waals surface area (Å²) >= 11 is 0. The third kappa shape index (κ3) is 3.30. The van der Waals surface area contributed by atoms with Gasteiger partial charge in [0.25, 0.3) is 0 Å². The molecule has 0 radical (unpaired) electrons. The maximum atomic E-state index is 5.32. The molecule has 1 aromatic heterocycles. The van der Waals surface area contributed by atoms with Crippen molar-refractivity contribution < 1.29 is 0 Å². The number of nitrogens with two attached hydrogens (primary N) is 1. The van der Waals surface area contributed by atoms with Gasteiger partial charge in [0.15, 0.2) is 0 Å². The topological polar surface area (TPSA) is 75.9 Å². The highest BCUT2D eigenvalue weighted by molar-refractivity contribution is 5.41. The van der Waals surface area contributed by atoms with E-state index in [1.165, 1.54) is 19.3 Å². The average molecular weight is 235 g/mol. The number of hydrogen-bond acceptors (Lipinski definition) is 5. The molecule has 2 rings (SSSR count). The van der Waals surface area contributed by atoms with Gasteiger partial charge in [-0.1, -0.05) is 13.3 Å². The Morgan fingerprint density at radius 2 is 2.24 bits per heavy atom. The fraction of sp³-hybridized carbons (Fsp3) is 0.667. The van der Waals surface area contributed by atoms with Gasteiger partial charge >= 0.3 is 0 Å². The summed E-state index contributed by atoms with van der Waals surface area (Å²) in [5.41, 5.74) is 3.39. The fourth-order valence-electron chi connectivity index (χ4n) is 2.48. The number of aryl methyl sites for hydroxylation is 1. The van der Waals surface area contributed by atoms with Gasteiger partial charge in [-0.25, -0.2) is 10.8 Å². The molecule has 0 spiro atoms. The number of rotatable bonds is 4. The molecule has 1 saturated carbocycles. The minimum atomic E-state index is 0.465. The summed E-state index contributed by atoms with van der Waals surface area (Å²) in [6.45, 7) is 5.25. The van der Waals surface area contributed by atoms with Crippen LogP contribution in [0.2, 0.25) is 0 Å². The average Bonchev–Trinajstić information content (AvgIpc) is 2.72. The highest BCUT2D eigenvalue weighted by Gasteiger charge is 2.20. The molecule has 1 heterocycles. The first-order valence-corrected chi connectivity index (χ1v) is 6.23. The minimum Gasteiger partial charge on any atom is -0.370 e. The maximum absolute atomic E-state index is 5.32. The predicted octanol–water partition coefficient (Wildman–Crippen LogP) is 1.92. The van der Waals surface area contributed by atoms with E-state index in [4.69, 9.17) is 5.84 Å². The van der Waals surface area contributed by atoms with E-state index >= 15 is 0 Å². The van der Waals surface area contributed by atoms with Crippen LogP contribution in [-0.4, -0.2) is 16.5 Å². The summed E-state index contributed by atoms with van der Waals surface area (Å²) in [6, 6.07) is 1.94. The fourth-order valence-corrected chi connectivity index (χ4v) is 2.48. The van der Waals surface area contributed by atoms with Gasteiger partial charge in [0.1, 0.15) is 5.82 Å². The second-order valence-corrected chi connectivity index (χ2v) is 5.03. The minimum absolute atomic E-state index is 0.465. The van der Waals surface area contributed by atoms with Crippen molar-refractivity contribution in [1.29, 1.82) is 0 Å². The van der Waals surface area contributed by atoms with E-state index < -0.39 is 0 Å². The molecule has 1 aromatic rings. The summed E-state index contributed by atoms with van der Waals surface area (Å²) in [5, 5.41) is 3.38. The van der Waals surface area contributed by atoms with Crippen LogP contribution in [0.25, 0.3) is 0 Å². The largest absolute Gasteiger partial charge is 0.370 e. The van der Waals surface area contributed by atoms with Crippen LogP contribution in [0.4, 0.5) is 11.8 Å². The molecule has 0 bridgehead atoms. The predicted molar refractivity (Wildman–Crippen MR) is 69.6 cm³/mol. The van der Waals surface area contributed by atoms with E-state index in [9.17, 15) is 0 Å². The SMILES string of the molecule is Cc1cc(NCC2CCC(C)C2)nc(NN)n1. The van der Waals surface area contributed by atoms with E-state index in [2.05, 4.69) is 27.6 Å². The summed E-state index contributed by atoms with van der Waals surface area (Å²) in [4.78, 5) is 8.43. The van der Waals surface area contributed by atoms with Crippen molar-refractivity contribution in [3.63, 3.8) is 0 Å². The monoisotopic (exact) mass is 235 g/mol. The van der Waals surface area contributed by atoms with E-state index in [0.717, 1.165) is 29.9 Å². The first-order chi connectivity index (χ1) is 8.17. The van der Waals surface area contributed by atoms with Gasteiger partial charge in [0, 0.05) is 18.3 Å². The molecule has 0 saturated heterocycles. The first kappa shape index (κ1) is 12.1. The van der Waals surface area contributed by atoms with E-state index in [1.54, 1.807) is 0 Å². The highest BCUT2D eigenvalue weighted by Crippen LogP contribution is 2.30. The standard InChI is InChI=1S/C12H21N5/c1-8-3-4-10(5-8)7-14-11-6-9(2)15-12(16-11)17-13/h6,8,10H,3-5,7,13H2,1-2H3,(H2,14,15,16,17). The molecule has 1 aliphatic carbocycles. The van der Waals surface area contributed by atoms with Crippen molar-refractivity contribution in [2.45, 2.75) is 33.1 Å². The van der Waals surface area contributed by atoms with Crippen LogP contribution in [0.3, 0.4) is 0 Å². The van der Waals surface area contributed by atoms with Crippen molar-refractivity contribution >= 4 is 11.8 Å². The van der Waals surface area contributed by atoms with Gasteiger partial charge < -0.3 is 5.32 Å². The second-order valence-electron chi connectivity index (χ2n) is 5.03. The zero-order valence-corrected chi connectivity index (χ0v) is 10.5. The molecule has 5 nitrogen and oxygen atoms in total. The molecular formula is C12H21N5. The van der Waals surface area contributed by atoms with E-state index in [0.29, 0.717) is 5.95 Å². The van der Waals surface area contributed by atoms with E-state index in [1.807, 2.05) is 13.0 Å². The number of nitrogen functional groups attached to an aromatic ring is 1. The van der Waals surface area contributed by atoms with Crippen molar-refractivity contribution in [1.82, 2.24) is 9.97 Å². The Hall–Kier alpha value is -1.36. The summed E-state index contributed by atoms with van der Waals surface area (Å²) < 4.78 is 0. The Kier molecular flexibility index (Phi) is 3.78. The Labute approximate surface area is 102 Å². The Morgan fingerprint density at radius 1 is 1.41 bits per heavy atom. The normalized spacial score (nSPS) is 23.7. The van der Waals surface area contributed by atoms with Crippen LogP contribution in [0.15, 0.2) is 6.07 Å². The lowest BCUT2D eigenvalue weighted by Gasteiger charge is -2.12. The van der Waals surface area contributed by atoms with Crippen LogP contribution in [0.5, 0.6) is 0 Å². The highest BCUT2D eigenvalue weighted by atomic mass is 15.3. The van der Waals surface area contributed by atoms with Crippen molar-refractivity contribution in [2.75, 3.05) is 17.3 Å². The van der Waals surface area contributed by atoms with Gasteiger partial charge in [-0.15, -0.1) is 0 Å². The summed E-state index contributed by atoms with van der Waals surface area (Å²) in [5.74, 6) is 8.28. The lowest BCUT2D eigenvalue weighted by atomic mass is 10.1. The molecule has 2 unspecified atom stereocenters. The van der Waals surface area contributed by atoms with Gasteiger partial charge in [0.2, 0.25) is 5.95 Å². The molecule has 1 fully saturated rings. The Bertz CT molecular complexity index is 379. The lowest BCUT2D eigenvalue weighted by molar-refractivity contribution is 0.536. The number of anilines is 2. The van der Waals surface area contributed by atoms with Gasteiger partial charge in [-0.05, 0) is 31.6 Å². The number of hydrazine groups is 1. The van der Waals surface area contributed by atoms with Crippen molar-refractivity contribution in [3.05, 3.63) is 11.8 Å². The zero-order chi connectivity index (χ0) is 12.3. The zero-order valence-electron chi connectivity index (χ0n) is 10.5. The summed E-state index contributed by atoms with van der Waals surface area (Å²) in [6.07, 6.45) is 3.99. The van der Waals surface area contributed by atoms with Gasteiger partial charge in [-0.3, -0.25) is 5.43 Å². The van der Waals surface area contributed by atoms with Crippen LogP contribution in [0.1, 0.15) is 31.9 Å². The van der Waals surface area contributed by atoms with Gasteiger partial charge in [-0.2, -0.15) is 4.98 Å².